The predicted octanol–water partition coefficient (Wildman–Crippen LogP) is 7.20. The quantitative estimate of drug-likeness (QED) is 0.116. The van der Waals surface area contributed by atoms with Gasteiger partial charge in [-0.2, -0.15) is 0 Å². The SMILES string of the molecule is C1=C\CC/C=C\CC/1.Cc1cc(C)c(N2B(c3ccccc3)N(C3CCCCC3)[C-]=[N+](C3CCCCC3)B2c2ccccc2)c(C)c1.ClCCl.[Cl-].[Rh]. The molecule has 0 N–H and O–H groups in total. The van der Waals surface area contributed by atoms with E-state index < -0.39 is 0 Å². The number of rotatable bonds is 5. The van der Waals surface area contributed by atoms with Crippen molar-refractivity contribution in [2.45, 2.75) is 123 Å². The van der Waals surface area contributed by atoms with Crippen molar-refractivity contribution < 1.29 is 36.4 Å². The van der Waals surface area contributed by atoms with Crippen molar-refractivity contribution in [1.82, 2.24) is 4.81 Å². The molecule has 3 aliphatic carbocycles. The standard InChI is InChI=1S/C34H43B2N3.C8H12.CH2Cl2.ClH.Rh/c1-27-24-28(2)34(29(3)25-27)39-35(30-16-8-4-9-17-30)37(32-20-12-6-13-21-32)26-38(33-22-14-7-15-23-33)36(39)31-18-10-5-11-19-31;1-2-4-6-8-7-5-3-1;2-1-3;;/h4-5,8-11,16-19,24-25,32-33H,6-7,12-15,20-23H2,1-3H3;1-2,7-8H,3-6H2;1H2;1H;/p-1/b;2-1-,8-7-;;;. The second-order valence-electron chi connectivity index (χ2n) is 14.4. The third-order valence-electron chi connectivity index (χ3n) is 10.6. The van der Waals surface area contributed by atoms with Gasteiger partial charge in [0.25, 0.3) is 0 Å². The zero-order valence-corrected chi connectivity index (χ0v) is 35.4. The second kappa shape index (κ2) is 23.7. The molecule has 3 nitrogen and oxygen atoms in total. The van der Waals surface area contributed by atoms with E-state index in [0.717, 1.165) is 0 Å². The molecule has 2 saturated carbocycles. The maximum atomic E-state index is 4.76. The summed E-state index contributed by atoms with van der Waals surface area (Å²) in [5.74, 6) is 0. The van der Waals surface area contributed by atoms with Gasteiger partial charge in [-0.3, -0.25) is 0 Å². The van der Waals surface area contributed by atoms with Crippen molar-refractivity contribution in [3.8, 4) is 0 Å². The van der Waals surface area contributed by atoms with E-state index in [1.54, 1.807) is 0 Å². The predicted molar refractivity (Wildman–Crippen MR) is 221 cm³/mol. The minimum absolute atomic E-state index is 0. The molecule has 2 fully saturated rings. The van der Waals surface area contributed by atoms with E-state index >= 15 is 0 Å². The molecule has 0 atom stereocenters. The van der Waals surface area contributed by atoms with Crippen molar-refractivity contribution in [2.75, 3.05) is 10.1 Å². The summed E-state index contributed by atoms with van der Waals surface area (Å²) in [5, 5.41) is 0.194. The van der Waals surface area contributed by atoms with Crippen LogP contribution in [0.15, 0.2) is 97.1 Å². The summed E-state index contributed by atoms with van der Waals surface area (Å²) in [4.78, 5) is 2.67. The molecule has 0 aromatic heterocycles. The van der Waals surface area contributed by atoms with Crippen molar-refractivity contribution in [1.29, 1.82) is 0 Å². The van der Waals surface area contributed by atoms with Gasteiger partial charge in [0.15, 0.2) is 0 Å². The average Bonchev–Trinajstić information content (AvgIpc) is 3.12. The summed E-state index contributed by atoms with van der Waals surface area (Å²) in [6.07, 6.45) is 31.2. The number of nitrogens with zero attached hydrogens (tertiary/aromatic N) is 3. The number of allylic oxidation sites excluding steroid dienone is 4. The van der Waals surface area contributed by atoms with Crippen molar-refractivity contribution in [2.24, 2.45) is 0 Å². The van der Waals surface area contributed by atoms with Crippen LogP contribution in [0.3, 0.4) is 0 Å². The fourth-order valence-electron chi connectivity index (χ4n) is 8.50. The molecule has 1 radical (unpaired) electrons. The Morgan fingerprint density at radius 3 is 1.60 bits per heavy atom. The van der Waals surface area contributed by atoms with E-state index in [-0.39, 0.29) is 51.2 Å². The van der Waals surface area contributed by atoms with Gasteiger partial charge >= 0.3 is 14.0 Å². The number of halogens is 3. The minimum atomic E-state index is 0. The van der Waals surface area contributed by atoms with Gasteiger partial charge in [0.1, 0.15) is 0 Å². The topological polar surface area (TPSA) is 9.49 Å². The summed E-state index contributed by atoms with van der Waals surface area (Å²) < 4.78 is 5.45. The Hall–Kier alpha value is -1.97. The normalized spacial score (nSPS) is 19.2. The van der Waals surface area contributed by atoms with Crippen LogP contribution in [0, 0.1) is 20.8 Å². The van der Waals surface area contributed by atoms with Gasteiger partial charge in [0.05, 0.1) is 5.34 Å². The first-order chi connectivity index (χ1) is 24.5. The summed E-state index contributed by atoms with van der Waals surface area (Å²) in [6, 6.07) is 28.3. The average molecular weight is 847 g/mol. The Morgan fingerprint density at radius 2 is 1.12 bits per heavy atom. The molecule has 0 bridgehead atoms. The molecule has 7 rings (SSSR count). The molecule has 0 spiro atoms. The van der Waals surface area contributed by atoms with Crippen molar-refractivity contribution in [3.63, 3.8) is 0 Å². The van der Waals surface area contributed by atoms with Crippen molar-refractivity contribution >= 4 is 60.1 Å². The Morgan fingerprint density at radius 1 is 0.673 bits per heavy atom. The first kappa shape index (κ1) is 44.4. The molecule has 9 heteroatoms. The fourth-order valence-corrected chi connectivity index (χ4v) is 8.50. The van der Waals surface area contributed by atoms with E-state index in [0.29, 0.717) is 12.1 Å². The van der Waals surface area contributed by atoms with Gasteiger partial charge in [-0.15, -0.1) is 29.5 Å². The van der Waals surface area contributed by atoms with Gasteiger partial charge in [-0.05, 0) is 120 Å². The van der Waals surface area contributed by atoms with Gasteiger partial charge in [-0.1, -0.05) is 116 Å². The molecule has 3 aromatic carbocycles. The van der Waals surface area contributed by atoms with Crippen LogP contribution in [0.5, 0.6) is 0 Å². The van der Waals surface area contributed by atoms with Crippen molar-refractivity contribution in [3.05, 3.63) is 114 Å². The third-order valence-corrected chi connectivity index (χ3v) is 10.6. The zero-order valence-electron chi connectivity index (χ0n) is 31.5. The number of aryl methyl sites for hydroxylation is 3. The van der Waals surface area contributed by atoms with Crippen LogP contribution in [-0.2, 0) is 19.5 Å². The molecular formula is C43H57B2Cl3N3Rh-. The monoisotopic (exact) mass is 845 g/mol. The van der Waals surface area contributed by atoms with Crippen LogP contribution in [0.25, 0.3) is 0 Å². The van der Waals surface area contributed by atoms with E-state index in [1.807, 2.05) is 0 Å². The molecule has 52 heavy (non-hydrogen) atoms. The first-order valence-corrected chi connectivity index (χ1v) is 20.3. The molecule has 1 heterocycles. The minimum Gasteiger partial charge on any atom is -1.00 e. The number of hydrogen-bond acceptors (Lipinski definition) is 2. The summed E-state index contributed by atoms with van der Waals surface area (Å²) in [7, 11) is 0. The molecule has 0 saturated heterocycles. The number of anilines is 1. The van der Waals surface area contributed by atoms with Crippen LogP contribution < -0.4 is 28.1 Å². The maximum absolute atomic E-state index is 4.76. The first-order valence-electron chi connectivity index (χ1n) is 19.2. The molecule has 1 aliphatic heterocycles. The zero-order chi connectivity index (χ0) is 35.1. The van der Waals surface area contributed by atoms with Crippen LogP contribution >= 0.6 is 23.2 Å². The number of hydrogen-bond donors (Lipinski definition) is 0. The smallest absolute Gasteiger partial charge is 0.489 e. The van der Waals surface area contributed by atoms with E-state index in [1.165, 1.54) is 123 Å². The number of benzene rings is 3. The van der Waals surface area contributed by atoms with Gasteiger partial charge in [0.2, 0.25) is 0 Å². The van der Waals surface area contributed by atoms with Gasteiger partial charge in [-0.25, -0.2) is 0 Å². The van der Waals surface area contributed by atoms with E-state index in [2.05, 4.69) is 138 Å². The third kappa shape index (κ3) is 12.0. The maximum Gasteiger partial charge on any atom is 0.489 e. The Labute approximate surface area is 345 Å². The fraction of sp³-hybridized carbons (Fsp3) is 0.465. The Bertz CT molecular complexity index is 1490. The van der Waals surface area contributed by atoms with Crippen LogP contribution in [0.2, 0.25) is 0 Å². The Balaban J connectivity index is 0.000000487. The molecule has 281 valence electrons. The van der Waals surface area contributed by atoms with E-state index in [9.17, 15) is 0 Å². The summed E-state index contributed by atoms with van der Waals surface area (Å²) >= 11 is 9.53. The second-order valence-corrected chi connectivity index (χ2v) is 15.2. The largest absolute Gasteiger partial charge is 1.00 e. The van der Waals surface area contributed by atoms with Gasteiger partial charge in [0, 0.05) is 37.2 Å². The van der Waals surface area contributed by atoms with Crippen LogP contribution in [0.4, 0.5) is 5.69 Å². The van der Waals surface area contributed by atoms with Crippen LogP contribution in [0.1, 0.15) is 107 Å². The number of alkyl halides is 2. The molecule has 0 unspecified atom stereocenters. The van der Waals surface area contributed by atoms with Crippen LogP contribution in [-0.4, -0.2) is 47.0 Å². The molecule has 4 aliphatic rings. The molecular weight excluding hydrogens is 789 g/mol. The van der Waals surface area contributed by atoms with Gasteiger partial charge < -0.3 is 26.4 Å². The Kier molecular flexibility index (Phi) is 20.3. The van der Waals surface area contributed by atoms with E-state index in [4.69, 9.17) is 23.2 Å². The molecule has 3 aromatic rings. The summed E-state index contributed by atoms with van der Waals surface area (Å²) in [5.41, 5.74) is 8.17. The summed E-state index contributed by atoms with van der Waals surface area (Å²) in [6.45, 7) is 7.06. The molecule has 0 amide bonds.